The van der Waals surface area contributed by atoms with Gasteiger partial charge in [0.2, 0.25) is 0 Å². The monoisotopic (exact) mass is 609 g/mol. The van der Waals surface area contributed by atoms with Gasteiger partial charge in [-0.1, -0.05) is 46.1 Å². The van der Waals surface area contributed by atoms with Crippen LogP contribution in [0.5, 0.6) is 0 Å². The van der Waals surface area contributed by atoms with Crippen molar-refractivity contribution in [2.75, 3.05) is 7.11 Å². The fourth-order valence-electron chi connectivity index (χ4n) is 6.37. The highest BCUT2D eigenvalue weighted by Gasteiger charge is 2.39. The number of ether oxygens (including phenoxy) is 2. The number of rotatable bonds is 9. The van der Waals surface area contributed by atoms with Gasteiger partial charge in [-0.15, -0.1) is 0 Å². The summed E-state index contributed by atoms with van der Waals surface area (Å²) in [5.74, 6) is 2.08. The number of hydrogen-bond acceptors (Lipinski definition) is 8. The number of carbonyl (C=O) groups is 1. The Kier molecular flexibility index (Phi) is 7.35. The highest BCUT2D eigenvalue weighted by atomic mass is 35.5. The summed E-state index contributed by atoms with van der Waals surface area (Å²) in [6.45, 7) is 0.455. The molecule has 2 fully saturated rings. The Labute approximate surface area is 252 Å². The molecule has 0 radical (unpaired) electrons. The van der Waals surface area contributed by atoms with E-state index in [9.17, 15) is 4.79 Å². The summed E-state index contributed by atoms with van der Waals surface area (Å²) < 4.78 is 22.4. The number of fused-ring (bicyclic) bond motifs is 2. The van der Waals surface area contributed by atoms with Crippen LogP contribution in [0.4, 0.5) is 0 Å². The Morgan fingerprint density at radius 2 is 2.00 bits per heavy atom. The molecule has 3 aliphatic carbocycles. The maximum absolute atomic E-state index is 11.9. The number of methoxy groups -OCH3 is 1. The fraction of sp³-hybridized carbons (Fsp3) is 0.419. The van der Waals surface area contributed by atoms with Crippen molar-refractivity contribution in [1.29, 1.82) is 0 Å². The van der Waals surface area contributed by atoms with Crippen LogP contribution >= 0.6 is 34.7 Å². The number of nitrogens with zero attached hydrogens (tertiary/aromatic N) is 3. The van der Waals surface area contributed by atoms with E-state index in [1.807, 2.05) is 24.3 Å². The summed E-state index contributed by atoms with van der Waals surface area (Å²) in [4.78, 5) is 16.5. The molecule has 7 nitrogen and oxygen atoms in total. The number of aryl methyl sites for hydroxylation is 1. The summed E-state index contributed by atoms with van der Waals surface area (Å²) in [5, 5.41) is 6.28. The SMILES string of the molecule is COC(=O)c1nsc2cc(CCC3=CC4C[C@H](OCc5c(-c6c(Cl)cccc6Cl)noc5C5CC5)CC4C3)ncc12. The van der Waals surface area contributed by atoms with Gasteiger partial charge in [0.05, 0.1) is 34.6 Å². The average Bonchev–Trinajstić information content (AvgIpc) is 3.26. The van der Waals surface area contributed by atoms with Crippen molar-refractivity contribution in [3.8, 4) is 11.3 Å². The van der Waals surface area contributed by atoms with Crippen LogP contribution in [0, 0.1) is 11.8 Å². The van der Waals surface area contributed by atoms with Gasteiger partial charge in [0.25, 0.3) is 0 Å². The minimum absolute atomic E-state index is 0.207. The minimum Gasteiger partial charge on any atom is -0.464 e. The van der Waals surface area contributed by atoms with Gasteiger partial charge < -0.3 is 14.0 Å². The van der Waals surface area contributed by atoms with Gasteiger partial charge in [0, 0.05) is 34.3 Å². The molecular weight excluding hydrogens is 581 g/mol. The molecule has 0 amide bonds. The highest BCUT2D eigenvalue weighted by molar-refractivity contribution is 7.13. The Morgan fingerprint density at radius 3 is 2.76 bits per heavy atom. The molecule has 10 heteroatoms. The first-order chi connectivity index (χ1) is 20.0. The van der Waals surface area contributed by atoms with E-state index < -0.39 is 5.97 Å². The molecule has 212 valence electrons. The second-order valence-electron chi connectivity index (χ2n) is 11.3. The lowest BCUT2D eigenvalue weighted by Crippen LogP contribution is -2.10. The van der Waals surface area contributed by atoms with E-state index in [1.165, 1.54) is 24.2 Å². The second kappa shape index (κ2) is 11.1. The number of carbonyl (C=O) groups excluding carboxylic acids is 1. The van der Waals surface area contributed by atoms with E-state index >= 15 is 0 Å². The van der Waals surface area contributed by atoms with Crippen LogP contribution in [0.2, 0.25) is 10.0 Å². The van der Waals surface area contributed by atoms with Gasteiger partial charge in [-0.05, 0) is 86.5 Å². The molecule has 3 aromatic heterocycles. The topological polar surface area (TPSA) is 87.3 Å². The molecule has 41 heavy (non-hydrogen) atoms. The normalized spacial score (nSPS) is 21.8. The number of pyridine rings is 1. The lowest BCUT2D eigenvalue weighted by molar-refractivity contribution is 0.0411. The van der Waals surface area contributed by atoms with Crippen LogP contribution in [0.3, 0.4) is 0 Å². The van der Waals surface area contributed by atoms with Crippen molar-refractivity contribution in [2.45, 2.75) is 63.6 Å². The number of hydrogen-bond donors (Lipinski definition) is 0. The largest absolute Gasteiger partial charge is 0.464 e. The zero-order valence-electron chi connectivity index (χ0n) is 22.6. The third-order valence-electron chi connectivity index (χ3n) is 8.60. The summed E-state index contributed by atoms with van der Waals surface area (Å²) in [7, 11) is 1.37. The van der Waals surface area contributed by atoms with Crippen molar-refractivity contribution in [1.82, 2.24) is 14.5 Å². The Bertz CT molecular complexity index is 1640. The van der Waals surface area contributed by atoms with Crippen LogP contribution in [0.15, 0.2) is 46.6 Å². The van der Waals surface area contributed by atoms with Gasteiger partial charge >= 0.3 is 5.97 Å². The molecule has 0 spiro atoms. The van der Waals surface area contributed by atoms with E-state index in [1.54, 1.807) is 6.20 Å². The predicted octanol–water partition coefficient (Wildman–Crippen LogP) is 8.19. The van der Waals surface area contributed by atoms with Crippen LogP contribution < -0.4 is 0 Å². The van der Waals surface area contributed by atoms with Gasteiger partial charge in [-0.25, -0.2) is 4.79 Å². The summed E-state index contributed by atoms with van der Waals surface area (Å²) in [5.41, 5.74) is 5.27. The van der Waals surface area contributed by atoms with E-state index in [0.29, 0.717) is 51.4 Å². The molecule has 0 N–H and O–H groups in total. The maximum Gasteiger partial charge on any atom is 0.358 e. The van der Waals surface area contributed by atoms with Crippen molar-refractivity contribution >= 4 is 50.8 Å². The van der Waals surface area contributed by atoms with Gasteiger partial charge in [-0.2, -0.15) is 4.37 Å². The Morgan fingerprint density at radius 1 is 1.17 bits per heavy atom. The molecule has 2 saturated carbocycles. The highest BCUT2D eigenvalue weighted by Crippen LogP contribution is 2.48. The van der Waals surface area contributed by atoms with Gasteiger partial charge in [0.1, 0.15) is 11.5 Å². The summed E-state index contributed by atoms with van der Waals surface area (Å²) >= 11 is 14.3. The zero-order valence-corrected chi connectivity index (χ0v) is 24.9. The lowest BCUT2D eigenvalue weighted by atomic mass is 9.98. The Hall–Kier alpha value is -2.78. The zero-order chi connectivity index (χ0) is 28.1. The molecule has 3 heterocycles. The fourth-order valence-corrected chi connectivity index (χ4v) is 7.74. The van der Waals surface area contributed by atoms with Crippen molar-refractivity contribution < 1.29 is 18.8 Å². The molecule has 0 saturated heterocycles. The molecule has 2 unspecified atom stereocenters. The predicted molar refractivity (Wildman–Crippen MR) is 159 cm³/mol. The molecule has 0 aliphatic heterocycles. The van der Waals surface area contributed by atoms with Crippen molar-refractivity contribution in [2.24, 2.45) is 11.8 Å². The maximum atomic E-state index is 11.9. The van der Waals surface area contributed by atoms with E-state index in [0.717, 1.165) is 72.0 Å². The lowest BCUT2D eigenvalue weighted by Gasteiger charge is -2.14. The number of halogens is 2. The summed E-state index contributed by atoms with van der Waals surface area (Å²) in [6.07, 6.45) is 11.7. The molecule has 3 atom stereocenters. The molecule has 0 bridgehead atoms. The number of esters is 1. The molecule has 4 aromatic rings. The van der Waals surface area contributed by atoms with Crippen LogP contribution in [0.25, 0.3) is 21.3 Å². The first kappa shape index (κ1) is 27.1. The van der Waals surface area contributed by atoms with Gasteiger partial charge in [-0.3, -0.25) is 4.98 Å². The van der Waals surface area contributed by atoms with Crippen LogP contribution in [-0.2, 0) is 22.5 Å². The first-order valence-corrected chi connectivity index (χ1v) is 15.6. The van der Waals surface area contributed by atoms with Crippen molar-refractivity contribution in [3.05, 3.63) is 74.9 Å². The minimum atomic E-state index is -0.425. The Balaban J connectivity index is 0.977. The quantitative estimate of drug-likeness (QED) is 0.139. The average molecular weight is 611 g/mol. The van der Waals surface area contributed by atoms with E-state index in [-0.39, 0.29) is 6.10 Å². The van der Waals surface area contributed by atoms with Crippen molar-refractivity contribution in [3.63, 3.8) is 0 Å². The third kappa shape index (κ3) is 5.31. The molecule has 3 aliphatic rings. The third-order valence-corrected chi connectivity index (χ3v) is 10.0. The van der Waals surface area contributed by atoms with E-state index in [2.05, 4.69) is 20.6 Å². The molecular formula is C31H29Cl2N3O4S. The number of benzene rings is 1. The number of allylic oxidation sites excluding steroid dienone is 2. The second-order valence-corrected chi connectivity index (χ2v) is 12.9. The summed E-state index contributed by atoms with van der Waals surface area (Å²) in [6, 6.07) is 7.54. The molecule has 1 aromatic carbocycles. The number of aromatic nitrogens is 3. The van der Waals surface area contributed by atoms with Crippen LogP contribution in [-0.4, -0.2) is 33.7 Å². The standard InChI is InChI=1S/C31H29Cl2N3O4S/c1-38-31(37)29-22-14-34-20(13-26(22)41-36-29)8-5-16-9-18-11-21(12-19(18)10-16)39-15-23-28(35-40-30(23)17-6-7-17)27-24(32)3-2-4-25(27)33/h2-4,9,13-14,17-19,21H,5-8,10-12,15H2,1H3/t18?,19?,21-/m0/s1. The first-order valence-electron chi connectivity index (χ1n) is 14.0. The smallest absolute Gasteiger partial charge is 0.358 e. The molecule has 7 rings (SSSR count). The van der Waals surface area contributed by atoms with Crippen LogP contribution in [0.1, 0.15) is 71.9 Å². The van der Waals surface area contributed by atoms with E-state index in [4.69, 9.17) is 37.2 Å². The van der Waals surface area contributed by atoms with Gasteiger partial charge in [0.15, 0.2) is 5.69 Å².